The van der Waals surface area contributed by atoms with E-state index in [1.807, 2.05) is 6.92 Å². The summed E-state index contributed by atoms with van der Waals surface area (Å²) >= 11 is 0. The molecule has 1 amide bonds. The third kappa shape index (κ3) is 3.32. The minimum Gasteiger partial charge on any atom is -0.355 e. The summed E-state index contributed by atoms with van der Waals surface area (Å²) in [6.45, 7) is 3.63. The summed E-state index contributed by atoms with van der Waals surface area (Å²) in [4.78, 5) is 11.9. The van der Waals surface area contributed by atoms with E-state index in [0.717, 1.165) is 25.7 Å². The molecule has 0 spiro atoms. The fourth-order valence-electron chi connectivity index (χ4n) is 2.50. The number of carbonyl (C=O) groups is 1. The zero-order valence-electron chi connectivity index (χ0n) is 12.6. The fourth-order valence-corrected chi connectivity index (χ4v) is 3.72. The zero-order valence-corrected chi connectivity index (χ0v) is 13.4. The van der Waals surface area contributed by atoms with Crippen molar-refractivity contribution in [1.82, 2.24) is 13.9 Å². The van der Waals surface area contributed by atoms with Crippen LogP contribution in [0.25, 0.3) is 0 Å². The van der Waals surface area contributed by atoms with E-state index in [9.17, 15) is 13.2 Å². The summed E-state index contributed by atoms with van der Waals surface area (Å²) < 4.78 is 27.0. The van der Waals surface area contributed by atoms with Crippen LogP contribution in [0.5, 0.6) is 0 Å². The number of hydrogen-bond acceptors (Lipinski definition) is 3. The van der Waals surface area contributed by atoms with Gasteiger partial charge in [0, 0.05) is 39.1 Å². The first-order valence-electron chi connectivity index (χ1n) is 7.21. The molecule has 2 aliphatic rings. The molecule has 1 saturated carbocycles. The van der Waals surface area contributed by atoms with Gasteiger partial charge in [-0.3, -0.25) is 4.79 Å². The monoisotopic (exact) mass is 303 g/mol. The highest BCUT2D eigenvalue weighted by Crippen LogP contribution is 2.45. The second-order valence-corrected chi connectivity index (χ2v) is 8.57. The van der Waals surface area contributed by atoms with Crippen molar-refractivity contribution in [2.45, 2.75) is 32.6 Å². The van der Waals surface area contributed by atoms with E-state index in [4.69, 9.17) is 0 Å². The van der Waals surface area contributed by atoms with Gasteiger partial charge < -0.3 is 5.32 Å². The van der Waals surface area contributed by atoms with E-state index in [1.54, 1.807) is 14.1 Å². The molecule has 20 heavy (non-hydrogen) atoms. The summed E-state index contributed by atoms with van der Waals surface area (Å²) in [5.41, 5.74) is -0.163. The number of rotatable bonds is 5. The summed E-state index contributed by atoms with van der Waals surface area (Å²) in [5.74, 6) is 0.329. The van der Waals surface area contributed by atoms with Crippen molar-refractivity contribution in [1.29, 1.82) is 0 Å². The highest BCUT2D eigenvalue weighted by atomic mass is 32.2. The third-order valence-electron chi connectivity index (χ3n) is 4.37. The largest absolute Gasteiger partial charge is 0.355 e. The number of nitrogens with one attached hydrogen (secondary N) is 1. The number of hydrogen-bond donors (Lipinski definition) is 1. The molecule has 1 unspecified atom stereocenters. The van der Waals surface area contributed by atoms with Gasteiger partial charge in [-0.25, -0.2) is 0 Å². The summed E-state index contributed by atoms with van der Waals surface area (Å²) in [6, 6.07) is 0. The van der Waals surface area contributed by atoms with Crippen LogP contribution in [0.15, 0.2) is 0 Å². The first kappa shape index (κ1) is 15.7. The van der Waals surface area contributed by atoms with Gasteiger partial charge in [-0.1, -0.05) is 6.92 Å². The van der Waals surface area contributed by atoms with E-state index in [-0.39, 0.29) is 17.2 Å². The maximum Gasteiger partial charge on any atom is 0.281 e. The van der Waals surface area contributed by atoms with Crippen molar-refractivity contribution >= 4 is 16.1 Å². The molecule has 2 rings (SSSR count). The van der Waals surface area contributed by atoms with Gasteiger partial charge in [0.05, 0.1) is 0 Å². The van der Waals surface area contributed by atoms with E-state index in [2.05, 4.69) is 5.32 Å². The average molecular weight is 303 g/mol. The predicted octanol–water partition coefficient (Wildman–Crippen LogP) is 0.421. The van der Waals surface area contributed by atoms with E-state index in [0.29, 0.717) is 19.6 Å². The van der Waals surface area contributed by atoms with E-state index < -0.39 is 10.2 Å². The molecular weight excluding hydrogens is 278 g/mol. The molecule has 2 fully saturated rings. The van der Waals surface area contributed by atoms with Gasteiger partial charge in [0.2, 0.25) is 5.91 Å². The molecule has 1 heterocycles. The molecule has 0 aromatic heterocycles. The fraction of sp³-hybridized carbons (Fsp3) is 0.923. The highest BCUT2D eigenvalue weighted by molar-refractivity contribution is 7.86. The second kappa shape index (κ2) is 5.61. The van der Waals surface area contributed by atoms with Gasteiger partial charge in [-0.05, 0) is 31.6 Å². The quantitative estimate of drug-likeness (QED) is 0.800. The highest BCUT2D eigenvalue weighted by Gasteiger charge is 2.44. The van der Waals surface area contributed by atoms with Crippen LogP contribution in [0.1, 0.15) is 32.6 Å². The van der Waals surface area contributed by atoms with Crippen LogP contribution in [0, 0.1) is 11.3 Å². The molecule has 0 radical (unpaired) electrons. The Labute approximate surface area is 121 Å². The van der Waals surface area contributed by atoms with Crippen molar-refractivity contribution in [3.63, 3.8) is 0 Å². The molecule has 0 bridgehead atoms. The van der Waals surface area contributed by atoms with Gasteiger partial charge in [-0.2, -0.15) is 17.0 Å². The molecule has 1 N–H and O–H groups in total. The van der Waals surface area contributed by atoms with Crippen molar-refractivity contribution in [2.75, 3.05) is 33.7 Å². The van der Waals surface area contributed by atoms with Crippen LogP contribution in [0.2, 0.25) is 0 Å². The minimum absolute atomic E-state index is 0.116. The second-order valence-electron chi connectivity index (χ2n) is 6.43. The maximum atomic E-state index is 12.1. The molecular formula is C13H25N3O3S. The molecule has 116 valence electrons. The van der Waals surface area contributed by atoms with Gasteiger partial charge in [0.25, 0.3) is 10.2 Å². The zero-order chi connectivity index (χ0) is 15.0. The Morgan fingerprint density at radius 2 is 2.05 bits per heavy atom. The number of piperidine rings is 1. The van der Waals surface area contributed by atoms with E-state index in [1.165, 1.54) is 8.61 Å². The van der Waals surface area contributed by atoms with Crippen LogP contribution < -0.4 is 5.32 Å². The Morgan fingerprint density at radius 3 is 2.60 bits per heavy atom. The Bertz CT molecular complexity index is 471. The lowest BCUT2D eigenvalue weighted by molar-refractivity contribution is -0.125. The maximum absolute atomic E-state index is 12.1. The van der Waals surface area contributed by atoms with E-state index >= 15 is 0 Å². The Morgan fingerprint density at radius 1 is 1.40 bits per heavy atom. The minimum atomic E-state index is -3.33. The SMILES string of the molecule is CN(C)S(=O)(=O)N1CCCC(CNC(=O)C2(C)CC2)C1. The van der Waals surface area contributed by atoms with Crippen molar-refractivity contribution in [3.05, 3.63) is 0 Å². The number of carbonyl (C=O) groups excluding carboxylic acids is 1. The third-order valence-corrected chi connectivity index (χ3v) is 6.28. The van der Waals surface area contributed by atoms with Crippen molar-refractivity contribution in [3.8, 4) is 0 Å². The Balaban J connectivity index is 1.86. The van der Waals surface area contributed by atoms with Gasteiger partial charge >= 0.3 is 0 Å². The number of amides is 1. The van der Waals surface area contributed by atoms with Crippen LogP contribution >= 0.6 is 0 Å². The molecule has 1 aliphatic heterocycles. The average Bonchev–Trinajstić information content (AvgIpc) is 3.15. The Hall–Kier alpha value is -0.660. The predicted molar refractivity (Wildman–Crippen MR) is 77.3 cm³/mol. The summed E-state index contributed by atoms with van der Waals surface area (Å²) in [6.07, 6.45) is 3.75. The summed E-state index contributed by atoms with van der Waals surface area (Å²) in [7, 11) is -0.233. The van der Waals surface area contributed by atoms with Gasteiger partial charge in [-0.15, -0.1) is 0 Å². The first-order valence-corrected chi connectivity index (χ1v) is 8.61. The number of nitrogens with zero attached hydrogens (tertiary/aromatic N) is 2. The standard InChI is InChI=1S/C13H25N3O3S/c1-13(6-7-13)12(17)14-9-11-5-4-8-16(10-11)20(18,19)15(2)3/h11H,4-10H2,1-3H3,(H,14,17). The molecule has 1 aliphatic carbocycles. The van der Waals surface area contributed by atoms with Crippen LogP contribution in [-0.2, 0) is 15.0 Å². The van der Waals surface area contributed by atoms with Crippen LogP contribution in [-0.4, -0.2) is 56.7 Å². The lowest BCUT2D eigenvalue weighted by atomic mass is 9.99. The lowest BCUT2D eigenvalue weighted by Gasteiger charge is -2.33. The smallest absolute Gasteiger partial charge is 0.281 e. The molecule has 7 heteroatoms. The molecule has 6 nitrogen and oxygen atoms in total. The molecule has 1 saturated heterocycles. The molecule has 1 atom stereocenters. The molecule has 0 aromatic rings. The normalized spacial score (nSPS) is 26.5. The Kier molecular flexibility index (Phi) is 4.41. The first-order chi connectivity index (χ1) is 9.25. The topological polar surface area (TPSA) is 69.7 Å². The van der Waals surface area contributed by atoms with Gasteiger partial charge in [0.1, 0.15) is 0 Å². The molecule has 0 aromatic carbocycles. The van der Waals surface area contributed by atoms with Crippen molar-refractivity contribution in [2.24, 2.45) is 11.3 Å². The van der Waals surface area contributed by atoms with Crippen LogP contribution in [0.4, 0.5) is 0 Å². The van der Waals surface area contributed by atoms with Crippen LogP contribution in [0.3, 0.4) is 0 Å². The lowest BCUT2D eigenvalue weighted by Crippen LogP contribution is -2.48. The summed E-state index contributed by atoms with van der Waals surface area (Å²) in [5, 5.41) is 2.98. The van der Waals surface area contributed by atoms with Gasteiger partial charge in [0.15, 0.2) is 0 Å². The van der Waals surface area contributed by atoms with Crippen molar-refractivity contribution < 1.29 is 13.2 Å².